The van der Waals surface area contributed by atoms with E-state index in [0.29, 0.717) is 24.7 Å². The molecule has 1 aromatic heterocycles. The average Bonchev–Trinajstić information content (AvgIpc) is 2.39. The fraction of sp³-hybridized carbons (Fsp3) is 0.583. The standard InChI is InChI=1S/C12H19N3O3/c1-4-10(8-17-3)15-12-13-6-9(7-14-12)11(16)18-5-2/h6-7,10H,4-5,8H2,1-3H3,(H,13,14,15)/t10-/m1/s1. The summed E-state index contributed by atoms with van der Waals surface area (Å²) >= 11 is 0. The van der Waals surface area contributed by atoms with Crippen molar-refractivity contribution in [2.75, 3.05) is 25.6 Å². The van der Waals surface area contributed by atoms with Crippen molar-refractivity contribution < 1.29 is 14.3 Å². The third-order valence-corrected chi connectivity index (χ3v) is 2.36. The van der Waals surface area contributed by atoms with Gasteiger partial charge in [0.15, 0.2) is 0 Å². The van der Waals surface area contributed by atoms with Crippen molar-refractivity contribution in [2.45, 2.75) is 26.3 Å². The van der Waals surface area contributed by atoms with Crippen LogP contribution in [0.1, 0.15) is 30.6 Å². The third-order valence-electron chi connectivity index (χ3n) is 2.36. The lowest BCUT2D eigenvalue weighted by atomic mass is 10.2. The van der Waals surface area contributed by atoms with Gasteiger partial charge in [-0.3, -0.25) is 0 Å². The maximum atomic E-state index is 11.4. The molecular formula is C12H19N3O3. The molecule has 0 fully saturated rings. The minimum atomic E-state index is -0.409. The number of anilines is 1. The molecule has 100 valence electrons. The molecule has 1 heterocycles. The van der Waals surface area contributed by atoms with E-state index in [1.54, 1.807) is 14.0 Å². The van der Waals surface area contributed by atoms with E-state index in [2.05, 4.69) is 15.3 Å². The predicted molar refractivity (Wildman–Crippen MR) is 67.6 cm³/mol. The van der Waals surface area contributed by atoms with Gasteiger partial charge < -0.3 is 14.8 Å². The van der Waals surface area contributed by atoms with Gasteiger partial charge in [-0.15, -0.1) is 0 Å². The first kappa shape index (κ1) is 14.4. The molecule has 1 N–H and O–H groups in total. The Morgan fingerprint density at radius 1 is 1.39 bits per heavy atom. The number of ether oxygens (including phenoxy) is 2. The molecule has 0 unspecified atom stereocenters. The van der Waals surface area contributed by atoms with Gasteiger partial charge in [0.05, 0.1) is 24.8 Å². The van der Waals surface area contributed by atoms with Crippen LogP contribution in [0.15, 0.2) is 12.4 Å². The Bertz CT molecular complexity index is 367. The predicted octanol–water partition coefficient (Wildman–Crippen LogP) is 1.49. The summed E-state index contributed by atoms with van der Waals surface area (Å²) in [4.78, 5) is 19.5. The molecule has 0 aliphatic carbocycles. The SMILES string of the molecule is CCOC(=O)c1cnc(N[C@H](CC)COC)nc1. The van der Waals surface area contributed by atoms with E-state index in [0.717, 1.165) is 6.42 Å². The van der Waals surface area contributed by atoms with Gasteiger partial charge in [-0.25, -0.2) is 14.8 Å². The first-order chi connectivity index (χ1) is 8.71. The van der Waals surface area contributed by atoms with Crippen molar-refractivity contribution in [1.82, 2.24) is 9.97 Å². The van der Waals surface area contributed by atoms with Crippen molar-refractivity contribution >= 4 is 11.9 Å². The van der Waals surface area contributed by atoms with Crippen LogP contribution in [0.5, 0.6) is 0 Å². The van der Waals surface area contributed by atoms with Gasteiger partial charge in [-0.1, -0.05) is 6.92 Å². The van der Waals surface area contributed by atoms with Crippen LogP contribution in [0, 0.1) is 0 Å². The summed E-state index contributed by atoms with van der Waals surface area (Å²) in [6, 6.07) is 0.156. The van der Waals surface area contributed by atoms with Crippen molar-refractivity contribution in [3.05, 3.63) is 18.0 Å². The molecule has 18 heavy (non-hydrogen) atoms. The molecule has 0 saturated carbocycles. The van der Waals surface area contributed by atoms with Crippen molar-refractivity contribution in [3.63, 3.8) is 0 Å². The van der Waals surface area contributed by atoms with Gasteiger partial charge in [-0.2, -0.15) is 0 Å². The molecule has 6 heteroatoms. The monoisotopic (exact) mass is 253 g/mol. The Labute approximate surface area is 107 Å². The second-order valence-corrected chi connectivity index (χ2v) is 3.72. The van der Waals surface area contributed by atoms with Gasteiger partial charge in [0, 0.05) is 19.5 Å². The van der Waals surface area contributed by atoms with E-state index in [1.165, 1.54) is 12.4 Å². The Balaban J connectivity index is 2.62. The summed E-state index contributed by atoms with van der Waals surface area (Å²) < 4.78 is 9.92. The minimum absolute atomic E-state index is 0.156. The number of nitrogens with zero attached hydrogens (tertiary/aromatic N) is 2. The molecule has 0 bridgehead atoms. The summed E-state index contributed by atoms with van der Waals surface area (Å²) in [6.07, 6.45) is 3.80. The number of aromatic nitrogens is 2. The number of carbonyl (C=O) groups excluding carboxylic acids is 1. The first-order valence-electron chi connectivity index (χ1n) is 5.95. The Morgan fingerprint density at radius 3 is 2.56 bits per heavy atom. The molecule has 0 saturated heterocycles. The van der Waals surface area contributed by atoms with Crippen LogP contribution in [-0.4, -0.2) is 42.3 Å². The lowest BCUT2D eigenvalue weighted by Gasteiger charge is -2.15. The first-order valence-corrected chi connectivity index (χ1v) is 5.95. The lowest BCUT2D eigenvalue weighted by molar-refractivity contribution is 0.0525. The fourth-order valence-electron chi connectivity index (χ4n) is 1.37. The second kappa shape index (κ2) is 7.60. The summed E-state index contributed by atoms with van der Waals surface area (Å²) in [5.74, 6) is 0.0694. The van der Waals surface area contributed by atoms with Gasteiger partial charge in [0.1, 0.15) is 0 Å². The highest BCUT2D eigenvalue weighted by Gasteiger charge is 2.10. The van der Waals surface area contributed by atoms with E-state index in [1.807, 2.05) is 6.92 Å². The topological polar surface area (TPSA) is 73.3 Å². The van der Waals surface area contributed by atoms with Crippen LogP contribution < -0.4 is 5.32 Å². The van der Waals surface area contributed by atoms with Crippen LogP contribution in [-0.2, 0) is 9.47 Å². The zero-order valence-electron chi connectivity index (χ0n) is 11.0. The zero-order valence-corrected chi connectivity index (χ0v) is 11.0. The van der Waals surface area contributed by atoms with Gasteiger partial charge in [-0.05, 0) is 13.3 Å². The highest BCUT2D eigenvalue weighted by molar-refractivity contribution is 5.88. The number of hydrogen-bond donors (Lipinski definition) is 1. The van der Waals surface area contributed by atoms with Crippen molar-refractivity contribution in [3.8, 4) is 0 Å². The van der Waals surface area contributed by atoms with E-state index in [-0.39, 0.29) is 6.04 Å². The molecule has 0 aliphatic rings. The minimum Gasteiger partial charge on any atom is -0.462 e. The molecule has 1 aromatic rings. The summed E-state index contributed by atoms with van der Waals surface area (Å²) in [5, 5.41) is 3.13. The maximum Gasteiger partial charge on any atom is 0.341 e. The molecule has 0 aromatic carbocycles. The summed E-state index contributed by atoms with van der Waals surface area (Å²) in [6.45, 7) is 4.72. The van der Waals surface area contributed by atoms with Gasteiger partial charge in [0.25, 0.3) is 0 Å². The molecule has 0 aliphatic heterocycles. The van der Waals surface area contributed by atoms with E-state index in [4.69, 9.17) is 9.47 Å². The van der Waals surface area contributed by atoms with E-state index < -0.39 is 5.97 Å². The second-order valence-electron chi connectivity index (χ2n) is 3.72. The molecular weight excluding hydrogens is 234 g/mol. The molecule has 0 spiro atoms. The lowest BCUT2D eigenvalue weighted by Crippen LogP contribution is -2.25. The van der Waals surface area contributed by atoms with Crippen LogP contribution in [0.2, 0.25) is 0 Å². The normalized spacial score (nSPS) is 11.9. The Hall–Kier alpha value is -1.69. The maximum absolute atomic E-state index is 11.4. The summed E-state index contributed by atoms with van der Waals surface area (Å²) in [5.41, 5.74) is 0.349. The number of methoxy groups -OCH3 is 1. The van der Waals surface area contributed by atoms with Crippen LogP contribution >= 0.6 is 0 Å². The smallest absolute Gasteiger partial charge is 0.341 e. The molecule has 1 atom stereocenters. The average molecular weight is 253 g/mol. The summed E-state index contributed by atoms with van der Waals surface area (Å²) in [7, 11) is 1.65. The number of nitrogens with one attached hydrogen (secondary N) is 1. The molecule has 6 nitrogen and oxygen atoms in total. The fourth-order valence-corrected chi connectivity index (χ4v) is 1.37. The van der Waals surface area contributed by atoms with E-state index >= 15 is 0 Å². The van der Waals surface area contributed by atoms with E-state index in [9.17, 15) is 4.79 Å². The molecule has 0 radical (unpaired) electrons. The van der Waals surface area contributed by atoms with Crippen LogP contribution in [0.4, 0.5) is 5.95 Å². The highest BCUT2D eigenvalue weighted by Crippen LogP contribution is 2.05. The van der Waals surface area contributed by atoms with Crippen LogP contribution in [0.3, 0.4) is 0 Å². The number of carbonyl (C=O) groups is 1. The highest BCUT2D eigenvalue weighted by atomic mass is 16.5. The largest absolute Gasteiger partial charge is 0.462 e. The molecule has 0 amide bonds. The number of rotatable bonds is 7. The Kier molecular flexibility index (Phi) is 6.07. The number of hydrogen-bond acceptors (Lipinski definition) is 6. The number of esters is 1. The van der Waals surface area contributed by atoms with Crippen LogP contribution in [0.25, 0.3) is 0 Å². The zero-order chi connectivity index (χ0) is 13.4. The Morgan fingerprint density at radius 2 is 2.06 bits per heavy atom. The van der Waals surface area contributed by atoms with Gasteiger partial charge in [0.2, 0.25) is 5.95 Å². The third kappa shape index (κ3) is 4.29. The van der Waals surface area contributed by atoms with Gasteiger partial charge >= 0.3 is 5.97 Å². The molecule has 1 rings (SSSR count). The quantitative estimate of drug-likeness (QED) is 0.742. The van der Waals surface area contributed by atoms with Crippen molar-refractivity contribution in [2.24, 2.45) is 0 Å². The van der Waals surface area contributed by atoms with Crippen molar-refractivity contribution in [1.29, 1.82) is 0 Å².